The van der Waals surface area contributed by atoms with Crippen LogP contribution in [0.3, 0.4) is 0 Å². The molecular formula is C16H14N2O. The van der Waals surface area contributed by atoms with Crippen LogP contribution in [-0.4, -0.2) is 4.98 Å². The molecule has 2 aromatic carbocycles. The van der Waals surface area contributed by atoms with E-state index in [1.165, 1.54) is 5.56 Å². The molecule has 0 saturated heterocycles. The number of pyridine rings is 1. The van der Waals surface area contributed by atoms with Crippen molar-refractivity contribution in [2.24, 2.45) is 0 Å². The molecule has 0 fully saturated rings. The number of hydrogen-bond acceptors (Lipinski definition) is 3. The van der Waals surface area contributed by atoms with Crippen LogP contribution in [0.15, 0.2) is 54.7 Å². The van der Waals surface area contributed by atoms with Gasteiger partial charge in [0.05, 0.1) is 0 Å². The Labute approximate surface area is 111 Å². The lowest BCUT2D eigenvalue weighted by Gasteiger charge is -2.09. The van der Waals surface area contributed by atoms with Crippen LogP contribution in [0.5, 0.6) is 11.5 Å². The first kappa shape index (κ1) is 11.5. The second-order valence-electron chi connectivity index (χ2n) is 4.47. The number of para-hydroxylation sites is 1. The molecule has 3 rings (SSSR count). The summed E-state index contributed by atoms with van der Waals surface area (Å²) in [4.78, 5) is 4.35. The van der Waals surface area contributed by atoms with Crippen molar-refractivity contribution in [1.82, 2.24) is 4.98 Å². The Morgan fingerprint density at radius 1 is 1.00 bits per heavy atom. The summed E-state index contributed by atoms with van der Waals surface area (Å²) < 4.78 is 5.88. The standard InChI is InChI=1S/C16H14N2O/c1-11-5-7-12(8-6-11)19-15-4-2-3-13-14(17)9-10-18-16(13)15/h2-10H,1H3,(H2,17,18). The number of fused-ring (bicyclic) bond motifs is 1. The highest BCUT2D eigenvalue weighted by Crippen LogP contribution is 2.30. The summed E-state index contributed by atoms with van der Waals surface area (Å²) in [5, 5.41) is 0.909. The van der Waals surface area contributed by atoms with Crippen molar-refractivity contribution in [3.8, 4) is 11.5 Å². The van der Waals surface area contributed by atoms with Gasteiger partial charge in [-0.2, -0.15) is 0 Å². The van der Waals surface area contributed by atoms with E-state index in [0.717, 1.165) is 16.7 Å². The smallest absolute Gasteiger partial charge is 0.153 e. The molecule has 0 saturated carbocycles. The summed E-state index contributed by atoms with van der Waals surface area (Å²) >= 11 is 0. The van der Waals surface area contributed by atoms with Crippen molar-refractivity contribution < 1.29 is 4.74 Å². The number of hydrogen-bond donors (Lipinski definition) is 1. The highest BCUT2D eigenvalue weighted by atomic mass is 16.5. The Hall–Kier alpha value is -2.55. The van der Waals surface area contributed by atoms with Gasteiger partial charge in [0.15, 0.2) is 5.75 Å². The number of ether oxygens (including phenoxy) is 1. The van der Waals surface area contributed by atoms with E-state index in [9.17, 15) is 0 Å². The van der Waals surface area contributed by atoms with Crippen molar-refractivity contribution in [2.75, 3.05) is 5.73 Å². The zero-order valence-corrected chi connectivity index (χ0v) is 10.6. The molecule has 1 aromatic heterocycles. The Morgan fingerprint density at radius 3 is 2.58 bits per heavy atom. The van der Waals surface area contributed by atoms with E-state index in [1.807, 2.05) is 49.4 Å². The molecule has 2 N–H and O–H groups in total. The molecule has 3 aromatic rings. The van der Waals surface area contributed by atoms with E-state index in [1.54, 1.807) is 12.3 Å². The summed E-state index contributed by atoms with van der Waals surface area (Å²) in [7, 11) is 0. The average Bonchev–Trinajstić information content (AvgIpc) is 2.43. The minimum Gasteiger partial charge on any atom is -0.455 e. The Morgan fingerprint density at radius 2 is 1.79 bits per heavy atom. The summed E-state index contributed by atoms with van der Waals surface area (Å²) in [6, 6.07) is 15.5. The molecule has 0 aliphatic heterocycles. The van der Waals surface area contributed by atoms with Gasteiger partial charge in [-0.3, -0.25) is 4.98 Å². The van der Waals surface area contributed by atoms with Gasteiger partial charge in [-0.25, -0.2) is 0 Å². The maximum absolute atomic E-state index is 5.94. The first-order valence-corrected chi connectivity index (χ1v) is 6.12. The zero-order valence-electron chi connectivity index (χ0n) is 10.6. The monoisotopic (exact) mass is 250 g/mol. The molecule has 0 amide bonds. The normalized spacial score (nSPS) is 10.6. The predicted octanol–water partition coefficient (Wildman–Crippen LogP) is 3.92. The van der Waals surface area contributed by atoms with E-state index in [4.69, 9.17) is 10.5 Å². The third kappa shape index (κ3) is 2.22. The van der Waals surface area contributed by atoms with E-state index in [-0.39, 0.29) is 0 Å². The second-order valence-corrected chi connectivity index (χ2v) is 4.47. The average molecular weight is 250 g/mol. The van der Waals surface area contributed by atoms with Gasteiger partial charge in [-0.05, 0) is 31.2 Å². The van der Waals surface area contributed by atoms with Crippen LogP contribution in [-0.2, 0) is 0 Å². The third-order valence-corrected chi connectivity index (χ3v) is 3.02. The predicted molar refractivity (Wildman–Crippen MR) is 77.4 cm³/mol. The molecule has 0 aliphatic carbocycles. The topological polar surface area (TPSA) is 48.1 Å². The number of nitrogens with two attached hydrogens (primary N) is 1. The first-order valence-electron chi connectivity index (χ1n) is 6.12. The number of nitrogens with zero attached hydrogens (tertiary/aromatic N) is 1. The van der Waals surface area contributed by atoms with Gasteiger partial charge in [0.1, 0.15) is 11.3 Å². The van der Waals surface area contributed by atoms with Crippen LogP contribution in [0, 0.1) is 6.92 Å². The number of rotatable bonds is 2. The van der Waals surface area contributed by atoms with Crippen LogP contribution in [0.4, 0.5) is 5.69 Å². The highest BCUT2D eigenvalue weighted by Gasteiger charge is 2.06. The summed E-state index contributed by atoms with van der Waals surface area (Å²) in [6.45, 7) is 2.05. The number of benzene rings is 2. The number of aromatic nitrogens is 1. The van der Waals surface area contributed by atoms with Gasteiger partial charge in [0.2, 0.25) is 0 Å². The maximum atomic E-state index is 5.94. The molecule has 19 heavy (non-hydrogen) atoms. The molecule has 0 spiro atoms. The number of aryl methyl sites for hydroxylation is 1. The van der Waals surface area contributed by atoms with Gasteiger partial charge in [-0.15, -0.1) is 0 Å². The van der Waals surface area contributed by atoms with Crippen molar-refractivity contribution in [2.45, 2.75) is 6.92 Å². The Bertz CT molecular complexity index is 720. The second kappa shape index (κ2) is 4.61. The largest absolute Gasteiger partial charge is 0.455 e. The lowest BCUT2D eigenvalue weighted by atomic mass is 10.2. The van der Waals surface area contributed by atoms with Crippen LogP contribution >= 0.6 is 0 Å². The van der Waals surface area contributed by atoms with E-state index < -0.39 is 0 Å². The van der Waals surface area contributed by atoms with Crippen molar-refractivity contribution in [3.63, 3.8) is 0 Å². The molecule has 0 bridgehead atoms. The van der Waals surface area contributed by atoms with Gasteiger partial charge < -0.3 is 10.5 Å². The zero-order chi connectivity index (χ0) is 13.2. The number of anilines is 1. The summed E-state index contributed by atoms with van der Waals surface area (Å²) in [5.74, 6) is 1.51. The highest BCUT2D eigenvalue weighted by molar-refractivity contribution is 5.93. The first-order chi connectivity index (χ1) is 9.24. The van der Waals surface area contributed by atoms with Gasteiger partial charge in [0.25, 0.3) is 0 Å². The van der Waals surface area contributed by atoms with Crippen LogP contribution in [0.1, 0.15) is 5.56 Å². The fourth-order valence-electron chi connectivity index (χ4n) is 1.99. The molecule has 1 heterocycles. The van der Waals surface area contributed by atoms with Crippen molar-refractivity contribution >= 4 is 16.6 Å². The van der Waals surface area contributed by atoms with Crippen molar-refractivity contribution in [1.29, 1.82) is 0 Å². The minimum absolute atomic E-state index is 0.708. The molecule has 0 radical (unpaired) electrons. The molecule has 94 valence electrons. The molecule has 0 unspecified atom stereocenters. The van der Waals surface area contributed by atoms with Crippen LogP contribution < -0.4 is 10.5 Å². The Kier molecular flexibility index (Phi) is 2.80. The summed E-state index contributed by atoms with van der Waals surface area (Å²) in [6.07, 6.45) is 1.69. The van der Waals surface area contributed by atoms with Crippen molar-refractivity contribution in [3.05, 3.63) is 60.3 Å². The van der Waals surface area contributed by atoms with Gasteiger partial charge in [-0.1, -0.05) is 29.8 Å². The third-order valence-electron chi connectivity index (χ3n) is 3.02. The van der Waals surface area contributed by atoms with E-state index in [2.05, 4.69) is 4.98 Å². The number of nitrogen functional groups attached to an aromatic ring is 1. The fraction of sp³-hybridized carbons (Fsp3) is 0.0625. The quantitative estimate of drug-likeness (QED) is 0.750. The minimum atomic E-state index is 0.708. The van der Waals surface area contributed by atoms with Crippen LogP contribution in [0.25, 0.3) is 10.9 Å². The molecule has 0 aliphatic rings. The van der Waals surface area contributed by atoms with Gasteiger partial charge >= 0.3 is 0 Å². The summed E-state index contributed by atoms with van der Waals surface area (Å²) in [5.41, 5.74) is 8.63. The lowest BCUT2D eigenvalue weighted by Crippen LogP contribution is -1.92. The maximum Gasteiger partial charge on any atom is 0.153 e. The fourth-order valence-corrected chi connectivity index (χ4v) is 1.99. The lowest BCUT2D eigenvalue weighted by molar-refractivity contribution is 0.487. The molecule has 3 heteroatoms. The Balaban J connectivity index is 2.06. The van der Waals surface area contributed by atoms with Crippen LogP contribution in [0.2, 0.25) is 0 Å². The van der Waals surface area contributed by atoms with E-state index >= 15 is 0 Å². The van der Waals surface area contributed by atoms with E-state index in [0.29, 0.717) is 11.4 Å². The molecular weight excluding hydrogens is 236 g/mol. The van der Waals surface area contributed by atoms with Gasteiger partial charge in [0, 0.05) is 17.3 Å². The molecule has 0 atom stereocenters. The molecule has 3 nitrogen and oxygen atoms in total. The SMILES string of the molecule is Cc1ccc(Oc2cccc3c(N)ccnc23)cc1.